The van der Waals surface area contributed by atoms with E-state index in [-0.39, 0.29) is 23.7 Å². The van der Waals surface area contributed by atoms with Crippen molar-refractivity contribution in [1.82, 2.24) is 10.6 Å². The van der Waals surface area contributed by atoms with Crippen molar-refractivity contribution in [1.29, 1.82) is 0 Å². The highest BCUT2D eigenvalue weighted by atomic mass is 16.3. The summed E-state index contributed by atoms with van der Waals surface area (Å²) in [7, 11) is 0. The Morgan fingerprint density at radius 3 is 2.72 bits per heavy atom. The van der Waals surface area contributed by atoms with Crippen LogP contribution in [0.25, 0.3) is 0 Å². The summed E-state index contributed by atoms with van der Waals surface area (Å²) in [5, 5.41) is 16.2. The van der Waals surface area contributed by atoms with Gasteiger partial charge in [0.05, 0.1) is 6.04 Å². The Balaban J connectivity index is 1.58. The normalized spacial score (nSPS) is 22.4. The summed E-state index contributed by atoms with van der Waals surface area (Å²) in [5.74, 6) is 1.63. The van der Waals surface area contributed by atoms with Crippen molar-refractivity contribution in [3.8, 4) is 5.75 Å². The molecule has 1 amide bonds. The number of amides is 1. The highest BCUT2D eigenvalue weighted by Crippen LogP contribution is 2.29. The van der Waals surface area contributed by atoms with E-state index in [0.717, 1.165) is 23.5 Å². The topological polar surface area (TPSA) is 61.4 Å². The Morgan fingerprint density at radius 2 is 2.00 bits per heavy atom. The van der Waals surface area contributed by atoms with E-state index < -0.39 is 0 Å². The van der Waals surface area contributed by atoms with Crippen molar-refractivity contribution in [2.45, 2.75) is 77.4 Å². The van der Waals surface area contributed by atoms with Crippen LogP contribution in [0.5, 0.6) is 5.75 Å². The van der Waals surface area contributed by atoms with Crippen LogP contribution in [-0.4, -0.2) is 23.1 Å². The van der Waals surface area contributed by atoms with Gasteiger partial charge in [0.2, 0.25) is 5.91 Å². The number of fused-ring (bicyclic) bond motifs is 1. The monoisotopic (exact) mass is 344 g/mol. The summed E-state index contributed by atoms with van der Waals surface area (Å²) in [5.41, 5.74) is 2.25. The average Bonchev–Trinajstić information content (AvgIpc) is 2.61. The molecule has 1 fully saturated rings. The molecule has 2 atom stereocenters. The molecule has 1 heterocycles. The molecule has 138 valence electrons. The SMILES string of the molecule is CC(C)C(CC1CCCCC1)NC(=O)[C@@H]1Cc2ccc(O)cc2CN1. The molecule has 0 bridgehead atoms. The Kier molecular flexibility index (Phi) is 6.00. The molecule has 0 radical (unpaired) electrons. The van der Waals surface area contributed by atoms with E-state index >= 15 is 0 Å². The van der Waals surface area contributed by atoms with Crippen LogP contribution in [0.3, 0.4) is 0 Å². The van der Waals surface area contributed by atoms with Gasteiger partial charge in [0.25, 0.3) is 0 Å². The lowest BCUT2D eigenvalue weighted by Crippen LogP contribution is -2.52. The largest absolute Gasteiger partial charge is 0.508 e. The molecule has 4 heteroatoms. The van der Waals surface area contributed by atoms with Gasteiger partial charge in [-0.2, -0.15) is 0 Å². The van der Waals surface area contributed by atoms with E-state index in [1.165, 1.54) is 32.1 Å². The van der Waals surface area contributed by atoms with Crippen molar-refractivity contribution < 1.29 is 9.90 Å². The van der Waals surface area contributed by atoms with E-state index in [9.17, 15) is 9.90 Å². The van der Waals surface area contributed by atoms with Crippen LogP contribution >= 0.6 is 0 Å². The van der Waals surface area contributed by atoms with Crippen LogP contribution in [0.4, 0.5) is 0 Å². The van der Waals surface area contributed by atoms with Crippen molar-refractivity contribution in [2.75, 3.05) is 0 Å². The first-order chi connectivity index (χ1) is 12.0. The lowest BCUT2D eigenvalue weighted by molar-refractivity contribution is -0.124. The summed E-state index contributed by atoms with van der Waals surface area (Å²) in [6, 6.07) is 5.52. The van der Waals surface area contributed by atoms with Crippen LogP contribution in [0.15, 0.2) is 18.2 Å². The molecule has 0 saturated heterocycles. The standard InChI is InChI=1S/C21H32N2O2/c1-14(2)19(10-15-6-4-3-5-7-15)23-21(25)20-12-16-8-9-18(24)11-17(16)13-22-20/h8-9,11,14-15,19-20,22,24H,3-7,10,12-13H2,1-2H3,(H,23,25)/t19?,20-/m0/s1. The second-order valence-electron chi connectivity index (χ2n) is 8.19. The van der Waals surface area contributed by atoms with Gasteiger partial charge in [-0.1, -0.05) is 52.0 Å². The number of hydrogen-bond acceptors (Lipinski definition) is 3. The second kappa shape index (κ2) is 8.22. The fourth-order valence-corrected chi connectivity index (χ4v) is 4.25. The molecular formula is C21H32N2O2. The van der Waals surface area contributed by atoms with Crippen LogP contribution in [-0.2, 0) is 17.8 Å². The Bertz CT molecular complexity index is 594. The van der Waals surface area contributed by atoms with Gasteiger partial charge in [0, 0.05) is 12.6 Å². The molecule has 1 aliphatic carbocycles. The molecule has 4 nitrogen and oxygen atoms in total. The molecule has 3 rings (SSSR count). The Hall–Kier alpha value is -1.55. The minimum absolute atomic E-state index is 0.119. The Labute approximate surface area is 151 Å². The number of hydrogen-bond donors (Lipinski definition) is 3. The molecule has 3 N–H and O–H groups in total. The number of carbonyl (C=O) groups excluding carboxylic acids is 1. The van der Waals surface area contributed by atoms with E-state index in [0.29, 0.717) is 18.9 Å². The number of benzene rings is 1. The summed E-state index contributed by atoms with van der Waals surface area (Å²) in [6.45, 7) is 5.05. The highest BCUT2D eigenvalue weighted by molar-refractivity contribution is 5.82. The fraction of sp³-hybridized carbons (Fsp3) is 0.667. The van der Waals surface area contributed by atoms with Gasteiger partial charge in [-0.05, 0) is 47.9 Å². The van der Waals surface area contributed by atoms with Gasteiger partial charge in [-0.3, -0.25) is 4.79 Å². The van der Waals surface area contributed by atoms with Gasteiger partial charge in [-0.15, -0.1) is 0 Å². The van der Waals surface area contributed by atoms with Gasteiger partial charge < -0.3 is 15.7 Å². The third-order valence-electron chi connectivity index (χ3n) is 5.91. The number of aromatic hydroxyl groups is 1. The van der Waals surface area contributed by atoms with Gasteiger partial charge in [0.15, 0.2) is 0 Å². The first kappa shape index (κ1) is 18.2. The lowest BCUT2D eigenvalue weighted by atomic mass is 9.82. The smallest absolute Gasteiger partial charge is 0.237 e. The van der Waals surface area contributed by atoms with Crippen molar-refractivity contribution in [3.63, 3.8) is 0 Å². The minimum atomic E-state index is -0.176. The molecule has 1 aromatic rings. The number of phenols is 1. The zero-order chi connectivity index (χ0) is 17.8. The van der Waals surface area contributed by atoms with Crippen molar-refractivity contribution in [2.24, 2.45) is 11.8 Å². The number of nitrogens with one attached hydrogen (secondary N) is 2. The molecule has 1 aliphatic heterocycles. The number of phenolic OH excluding ortho intramolecular Hbond substituents is 1. The van der Waals surface area contributed by atoms with Crippen molar-refractivity contribution >= 4 is 5.91 Å². The molecule has 1 saturated carbocycles. The van der Waals surface area contributed by atoms with Gasteiger partial charge in [-0.25, -0.2) is 0 Å². The quantitative estimate of drug-likeness (QED) is 0.766. The molecule has 2 aliphatic rings. The zero-order valence-corrected chi connectivity index (χ0v) is 15.6. The summed E-state index contributed by atoms with van der Waals surface area (Å²) in [6.07, 6.45) is 8.50. The van der Waals surface area contributed by atoms with Gasteiger partial charge >= 0.3 is 0 Å². The number of rotatable bonds is 5. The molecule has 1 aromatic carbocycles. The fourth-order valence-electron chi connectivity index (χ4n) is 4.25. The second-order valence-corrected chi connectivity index (χ2v) is 8.19. The Morgan fingerprint density at radius 1 is 1.24 bits per heavy atom. The molecule has 1 unspecified atom stereocenters. The third-order valence-corrected chi connectivity index (χ3v) is 5.91. The summed E-state index contributed by atoms with van der Waals surface area (Å²) >= 11 is 0. The highest BCUT2D eigenvalue weighted by Gasteiger charge is 2.28. The van der Waals surface area contributed by atoms with Crippen LogP contribution < -0.4 is 10.6 Å². The van der Waals surface area contributed by atoms with Crippen molar-refractivity contribution in [3.05, 3.63) is 29.3 Å². The van der Waals surface area contributed by atoms with E-state index in [4.69, 9.17) is 0 Å². The molecular weight excluding hydrogens is 312 g/mol. The van der Waals surface area contributed by atoms with Crippen LogP contribution in [0.1, 0.15) is 63.5 Å². The average molecular weight is 344 g/mol. The van der Waals surface area contributed by atoms with E-state index in [2.05, 4.69) is 24.5 Å². The molecule has 25 heavy (non-hydrogen) atoms. The predicted octanol–water partition coefficient (Wildman–Crippen LogP) is 3.52. The van der Waals surface area contributed by atoms with Crippen LogP contribution in [0.2, 0.25) is 0 Å². The minimum Gasteiger partial charge on any atom is -0.508 e. The first-order valence-corrected chi connectivity index (χ1v) is 9.87. The number of carbonyl (C=O) groups is 1. The first-order valence-electron chi connectivity index (χ1n) is 9.87. The van der Waals surface area contributed by atoms with E-state index in [1.54, 1.807) is 12.1 Å². The summed E-state index contributed by atoms with van der Waals surface area (Å²) < 4.78 is 0. The van der Waals surface area contributed by atoms with E-state index in [1.807, 2.05) is 6.07 Å². The maximum Gasteiger partial charge on any atom is 0.237 e. The molecule has 0 aromatic heterocycles. The molecule has 0 spiro atoms. The van der Waals surface area contributed by atoms with Crippen LogP contribution in [0, 0.1) is 11.8 Å². The summed E-state index contributed by atoms with van der Waals surface area (Å²) in [4.78, 5) is 12.8. The maximum absolute atomic E-state index is 12.8. The third kappa shape index (κ3) is 4.75. The maximum atomic E-state index is 12.8. The van der Waals surface area contributed by atoms with Gasteiger partial charge in [0.1, 0.15) is 5.75 Å². The predicted molar refractivity (Wildman–Crippen MR) is 100 cm³/mol. The lowest BCUT2D eigenvalue weighted by Gasteiger charge is -2.32. The zero-order valence-electron chi connectivity index (χ0n) is 15.6.